The predicted molar refractivity (Wildman–Crippen MR) is 51.3 cm³/mol. The Labute approximate surface area is 79.1 Å². The minimum absolute atomic E-state index is 0.175. The van der Waals surface area contributed by atoms with Gasteiger partial charge in [-0.3, -0.25) is 10.1 Å². The molecule has 0 heterocycles. The van der Waals surface area contributed by atoms with Crippen molar-refractivity contribution in [2.45, 2.75) is 40.2 Å². The number of carbonyl (C=O) groups excluding carboxylic acids is 2. The first-order chi connectivity index (χ1) is 5.72. The first-order valence-electron chi connectivity index (χ1n) is 4.35. The largest absolute Gasteiger partial charge is 0.333 e. The average Bonchev–Trinajstić information content (AvgIpc) is 1.81. The van der Waals surface area contributed by atoms with E-state index in [4.69, 9.17) is 0 Å². The zero-order valence-electron chi connectivity index (χ0n) is 8.89. The lowest BCUT2D eigenvalue weighted by Crippen LogP contribution is -2.49. The molecule has 0 fully saturated rings. The first-order valence-corrected chi connectivity index (χ1v) is 4.35. The number of rotatable bonds is 1. The Kier molecular flexibility index (Phi) is 3.91. The summed E-state index contributed by atoms with van der Waals surface area (Å²) in [7, 11) is 0. The summed E-state index contributed by atoms with van der Waals surface area (Å²) in [5.74, 6) is -0.438. The maximum absolute atomic E-state index is 11.1. The van der Waals surface area contributed by atoms with Crippen molar-refractivity contribution in [2.75, 3.05) is 0 Å². The van der Waals surface area contributed by atoms with Crippen LogP contribution >= 0.6 is 0 Å². The monoisotopic (exact) mass is 186 g/mol. The third kappa shape index (κ3) is 6.13. The fraction of sp³-hybridized carbons (Fsp3) is 0.778. The smallest absolute Gasteiger partial charge is 0.321 e. The highest BCUT2D eigenvalue weighted by molar-refractivity contribution is 5.95. The average molecular weight is 186 g/mol. The SMILES string of the molecule is CC(C)C(=O)NC(=O)NC(C)(C)C. The summed E-state index contributed by atoms with van der Waals surface area (Å²) in [5.41, 5.74) is -0.318. The van der Waals surface area contributed by atoms with E-state index >= 15 is 0 Å². The number of hydrogen-bond donors (Lipinski definition) is 2. The third-order valence-electron chi connectivity index (χ3n) is 1.25. The molecule has 0 atom stereocenters. The van der Waals surface area contributed by atoms with Crippen LogP contribution in [0.4, 0.5) is 4.79 Å². The first kappa shape index (κ1) is 11.9. The van der Waals surface area contributed by atoms with Gasteiger partial charge in [0, 0.05) is 11.5 Å². The van der Waals surface area contributed by atoms with Crippen molar-refractivity contribution >= 4 is 11.9 Å². The van der Waals surface area contributed by atoms with E-state index in [9.17, 15) is 9.59 Å². The van der Waals surface area contributed by atoms with Crippen LogP contribution in [-0.4, -0.2) is 17.5 Å². The van der Waals surface area contributed by atoms with E-state index in [-0.39, 0.29) is 17.4 Å². The minimum Gasteiger partial charge on any atom is -0.333 e. The van der Waals surface area contributed by atoms with Crippen molar-refractivity contribution in [3.63, 3.8) is 0 Å². The summed E-state index contributed by atoms with van der Waals surface area (Å²) < 4.78 is 0. The van der Waals surface area contributed by atoms with Crippen LogP contribution in [0.15, 0.2) is 0 Å². The summed E-state index contributed by atoms with van der Waals surface area (Å²) in [6, 6.07) is -0.439. The molecule has 4 heteroatoms. The van der Waals surface area contributed by atoms with Crippen LogP contribution in [0, 0.1) is 5.92 Å². The van der Waals surface area contributed by atoms with Crippen LogP contribution in [0.3, 0.4) is 0 Å². The molecule has 0 radical (unpaired) electrons. The molecule has 4 nitrogen and oxygen atoms in total. The van der Waals surface area contributed by atoms with Crippen molar-refractivity contribution in [1.29, 1.82) is 0 Å². The van der Waals surface area contributed by atoms with Crippen LogP contribution in [0.2, 0.25) is 0 Å². The van der Waals surface area contributed by atoms with Gasteiger partial charge >= 0.3 is 6.03 Å². The Balaban J connectivity index is 3.96. The van der Waals surface area contributed by atoms with Crippen LogP contribution in [0.25, 0.3) is 0 Å². The number of hydrogen-bond acceptors (Lipinski definition) is 2. The molecular weight excluding hydrogens is 168 g/mol. The second-order valence-electron chi connectivity index (χ2n) is 4.35. The third-order valence-corrected chi connectivity index (χ3v) is 1.25. The molecule has 3 amide bonds. The molecule has 76 valence electrons. The van der Waals surface area contributed by atoms with Gasteiger partial charge in [-0.25, -0.2) is 4.79 Å². The minimum atomic E-state index is -0.439. The lowest BCUT2D eigenvalue weighted by molar-refractivity contribution is -0.122. The second kappa shape index (κ2) is 4.25. The fourth-order valence-corrected chi connectivity index (χ4v) is 0.628. The van der Waals surface area contributed by atoms with Gasteiger partial charge in [0.1, 0.15) is 0 Å². The van der Waals surface area contributed by atoms with Gasteiger partial charge in [0.05, 0.1) is 0 Å². The Morgan fingerprint density at radius 1 is 1.15 bits per heavy atom. The number of urea groups is 1. The molecule has 0 bridgehead atoms. The number of imide groups is 1. The molecule has 0 spiro atoms. The molecule has 0 unspecified atom stereocenters. The van der Waals surface area contributed by atoms with Crippen LogP contribution in [-0.2, 0) is 4.79 Å². The summed E-state index contributed by atoms with van der Waals surface area (Å²) in [4.78, 5) is 22.2. The predicted octanol–water partition coefficient (Wildman–Crippen LogP) is 1.27. The molecule has 0 saturated heterocycles. The van der Waals surface area contributed by atoms with Crippen LogP contribution in [0.1, 0.15) is 34.6 Å². The highest BCUT2D eigenvalue weighted by Gasteiger charge is 2.16. The quantitative estimate of drug-likeness (QED) is 0.647. The standard InChI is InChI=1S/C9H18N2O2/c1-6(2)7(12)10-8(13)11-9(3,4)5/h6H,1-5H3,(H2,10,11,12,13). The Hall–Kier alpha value is -1.06. The highest BCUT2D eigenvalue weighted by Crippen LogP contribution is 1.98. The van der Waals surface area contributed by atoms with E-state index in [0.29, 0.717) is 0 Å². The van der Waals surface area contributed by atoms with Crippen LogP contribution < -0.4 is 10.6 Å². The number of nitrogens with one attached hydrogen (secondary N) is 2. The maximum atomic E-state index is 11.1. The van der Waals surface area contributed by atoms with E-state index < -0.39 is 6.03 Å². The summed E-state index contributed by atoms with van der Waals surface area (Å²) in [6.07, 6.45) is 0. The van der Waals surface area contributed by atoms with Crippen molar-refractivity contribution < 1.29 is 9.59 Å². The van der Waals surface area contributed by atoms with Gasteiger partial charge in [-0.15, -0.1) is 0 Å². The molecule has 0 aliphatic heterocycles. The molecule has 0 aliphatic rings. The van der Waals surface area contributed by atoms with Crippen molar-refractivity contribution in [1.82, 2.24) is 10.6 Å². The van der Waals surface area contributed by atoms with E-state index in [1.807, 2.05) is 20.8 Å². The molecule has 2 N–H and O–H groups in total. The van der Waals surface area contributed by atoms with Gasteiger partial charge in [-0.1, -0.05) is 13.8 Å². The van der Waals surface area contributed by atoms with Gasteiger partial charge in [0.2, 0.25) is 5.91 Å². The Morgan fingerprint density at radius 3 is 1.92 bits per heavy atom. The number of amides is 3. The summed E-state index contributed by atoms with van der Waals surface area (Å²) in [5, 5.41) is 4.88. The lowest BCUT2D eigenvalue weighted by atomic mass is 10.1. The normalized spacial score (nSPS) is 11.2. The molecular formula is C9H18N2O2. The van der Waals surface area contributed by atoms with Crippen molar-refractivity contribution in [3.05, 3.63) is 0 Å². The summed E-state index contributed by atoms with van der Waals surface area (Å²) in [6.45, 7) is 9.03. The fourth-order valence-electron chi connectivity index (χ4n) is 0.628. The van der Waals surface area contributed by atoms with Gasteiger partial charge in [0.15, 0.2) is 0 Å². The van der Waals surface area contributed by atoms with Crippen LogP contribution in [0.5, 0.6) is 0 Å². The second-order valence-corrected chi connectivity index (χ2v) is 4.35. The van der Waals surface area contributed by atoms with Crippen molar-refractivity contribution in [3.8, 4) is 0 Å². The molecule has 0 aliphatic carbocycles. The van der Waals surface area contributed by atoms with E-state index in [0.717, 1.165) is 0 Å². The lowest BCUT2D eigenvalue weighted by Gasteiger charge is -2.20. The van der Waals surface area contributed by atoms with Gasteiger partial charge in [0.25, 0.3) is 0 Å². The zero-order chi connectivity index (χ0) is 10.6. The molecule has 0 saturated carbocycles. The van der Waals surface area contributed by atoms with Crippen molar-refractivity contribution in [2.24, 2.45) is 5.92 Å². The summed E-state index contributed by atoms with van der Waals surface area (Å²) >= 11 is 0. The van der Waals surface area contributed by atoms with Gasteiger partial charge < -0.3 is 5.32 Å². The maximum Gasteiger partial charge on any atom is 0.321 e. The van der Waals surface area contributed by atoms with E-state index in [2.05, 4.69) is 10.6 Å². The molecule has 0 aromatic carbocycles. The molecule has 0 aromatic rings. The van der Waals surface area contributed by atoms with E-state index in [1.165, 1.54) is 0 Å². The molecule has 13 heavy (non-hydrogen) atoms. The number of carbonyl (C=O) groups is 2. The van der Waals surface area contributed by atoms with Gasteiger partial charge in [-0.2, -0.15) is 0 Å². The molecule has 0 rings (SSSR count). The zero-order valence-corrected chi connectivity index (χ0v) is 8.89. The highest BCUT2D eigenvalue weighted by atomic mass is 16.2. The van der Waals surface area contributed by atoms with E-state index in [1.54, 1.807) is 13.8 Å². The Morgan fingerprint density at radius 2 is 1.62 bits per heavy atom. The topological polar surface area (TPSA) is 58.2 Å². The van der Waals surface area contributed by atoms with Gasteiger partial charge in [-0.05, 0) is 20.8 Å². The molecule has 0 aromatic heterocycles. The Bertz CT molecular complexity index is 204.